The minimum absolute atomic E-state index is 0.778. The molecule has 0 atom stereocenters. The van der Waals surface area contributed by atoms with Crippen molar-refractivity contribution in [3.63, 3.8) is 0 Å². The molecule has 0 spiro atoms. The van der Waals surface area contributed by atoms with Crippen molar-refractivity contribution in [2.75, 3.05) is 19.7 Å². The highest BCUT2D eigenvalue weighted by molar-refractivity contribution is 5.20. The zero-order chi connectivity index (χ0) is 11.5. The summed E-state index contributed by atoms with van der Waals surface area (Å²) in [5.74, 6) is 0.955. The van der Waals surface area contributed by atoms with E-state index in [1.54, 1.807) is 0 Å². The maximum Gasteiger partial charge on any atom is 0.119 e. The number of benzene rings is 1. The van der Waals surface area contributed by atoms with Gasteiger partial charge in [-0.2, -0.15) is 0 Å². The van der Waals surface area contributed by atoms with Crippen molar-refractivity contribution < 1.29 is 4.74 Å². The topological polar surface area (TPSA) is 21.3 Å². The van der Waals surface area contributed by atoms with Gasteiger partial charge in [0.1, 0.15) is 5.75 Å². The first-order valence-corrected chi connectivity index (χ1v) is 5.93. The van der Waals surface area contributed by atoms with Crippen molar-refractivity contribution in [1.29, 1.82) is 0 Å². The van der Waals surface area contributed by atoms with Crippen LogP contribution < -0.4 is 10.1 Å². The van der Waals surface area contributed by atoms with Crippen LogP contribution in [0.4, 0.5) is 0 Å². The molecule has 2 nitrogen and oxygen atoms in total. The highest BCUT2D eigenvalue weighted by Gasteiger charge is 1.91. The van der Waals surface area contributed by atoms with E-state index in [1.165, 1.54) is 0 Å². The van der Waals surface area contributed by atoms with Gasteiger partial charge in [-0.3, -0.25) is 0 Å². The molecule has 0 aliphatic carbocycles. The van der Waals surface area contributed by atoms with Crippen LogP contribution in [0.15, 0.2) is 42.5 Å². The average Bonchev–Trinajstić information content (AvgIpc) is 2.34. The van der Waals surface area contributed by atoms with Crippen LogP contribution in [0.5, 0.6) is 5.75 Å². The summed E-state index contributed by atoms with van der Waals surface area (Å²) in [4.78, 5) is 0. The van der Waals surface area contributed by atoms with Crippen LogP contribution in [0.25, 0.3) is 0 Å². The Balaban J connectivity index is 1.92. The Morgan fingerprint density at radius 3 is 2.75 bits per heavy atom. The number of rotatable bonds is 8. The van der Waals surface area contributed by atoms with Crippen LogP contribution in [-0.4, -0.2) is 19.7 Å². The van der Waals surface area contributed by atoms with Crippen LogP contribution >= 0.6 is 0 Å². The summed E-state index contributed by atoms with van der Waals surface area (Å²) in [6, 6.07) is 9.95. The quantitative estimate of drug-likeness (QED) is 0.536. The molecule has 0 bridgehead atoms. The highest BCUT2D eigenvalue weighted by atomic mass is 16.5. The number of nitrogens with one attached hydrogen (secondary N) is 1. The summed E-state index contributed by atoms with van der Waals surface area (Å²) in [6.45, 7) is 4.90. The minimum atomic E-state index is 0.778. The molecule has 1 rings (SSSR count). The molecule has 0 aromatic heterocycles. The zero-order valence-corrected chi connectivity index (χ0v) is 9.99. The standard InChI is InChI=1S/C14H21NO/c1-2-3-7-11-15-12-8-13-16-14-9-5-4-6-10-14/h2-6,9-10,15H,7-8,11-13H2,1H3/b3-2+. The normalized spacial score (nSPS) is 10.8. The molecule has 16 heavy (non-hydrogen) atoms. The third kappa shape index (κ3) is 6.25. The molecule has 1 aromatic carbocycles. The Kier molecular flexibility index (Phi) is 7.18. The van der Waals surface area contributed by atoms with Gasteiger partial charge in [0, 0.05) is 0 Å². The van der Waals surface area contributed by atoms with Gasteiger partial charge < -0.3 is 10.1 Å². The van der Waals surface area contributed by atoms with Gasteiger partial charge in [0.25, 0.3) is 0 Å². The molecular formula is C14H21NO. The van der Waals surface area contributed by atoms with Crippen LogP contribution in [-0.2, 0) is 0 Å². The first kappa shape index (κ1) is 12.8. The van der Waals surface area contributed by atoms with Crippen molar-refractivity contribution in [3.8, 4) is 5.75 Å². The molecule has 0 saturated carbocycles. The first-order valence-electron chi connectivity index (χ1n) is 5.93. The number of allylic oxidation sites excluding steroid dienone is 1. The summed E-state index contributed by atoms with van der Waals surface area (Å²) in [7, 11) is 0. The fourth-order valence-corrected chi connectivity index (χ4v) is 1.38. The average molecular weight is 219 g/mol. The van der Waals surface area contributed by atoms with Gasteiger partial charge in [-0.15, -0.1) is 0 Å². The molecule has 0 unspecified atom stereocenters. The van der Waals surface area contributed by atoms with Gasteiger partial charge in [0.05, 0.1) is 6.61 Å². The SMILES string of the molecule is C/C=C/CCNCCCOc1ccccc1. The number of para-hydroxylation sites is 1. The lowest BCUT2D eigenvalue weighted by Gasteiger charge is -2.06. The molecule has 0 saturated heterocycles. The van der Waals surface area contributed by atoms with Crippen LogP contribution in [0.2, 0.25) is 0 Å². The zero-order valence-electron chi connectivity index (χ0n) is 9.99. The third-order valence-corrected chi connectivity index (χ3v) is 2.23. The van der Waals surface area contributed by atoms with Gasteiger partial charge in [0.15, 0.2) is 0 Å². The molecule has 0 radical (unpaired) electrons. The monoisotopic (exact) mass is 219 g/mol. The molecule has 0 fully saturated rings. The molecule has 1 aromatic rings. The largest absolute Gasteiger partial charge is 0.494 e. The second-order valence-corrected chi connectivity index (χ2v) is 3.62. The summed E-state index contributed by atoms with van der Waals surface area (Å²) < 4.78 is 5.58. The van der Waals surface area contributed by atoms with Crippen molar-refractivity contribution in [1.82, 2.24) is 5.32 Å². The van der Waals surface area contributed by atoms with Crippen molar-refractivity contribution in [2.24, 2.45) is 0 Å². The summed E-state index contributed by atoms with van der Waals surface area (Å²) in [5, 5.41) is 3.38. The van der Waals surface area contributed by atoms with E-state index in [0.717, 1.165) is 38.3 Å². The molecular weight excluding hydrogens is 198 g/mol. The lowest BCUT2D eigenvalue weighted by molar-refractivity contribution is 0.308. The molecule has 1 N–H and O–H groups in total. The maximum absolute atomic E-state index is 5.58. The second kappa shape index (κ2) is 8.98. The van der Waals surface area contributed by atoms with Crippen LogP contribution in [0.3, 0.4) is 0 Å². The van der Waals surface area contributed by atoms with Crippen molar-refractivity contribution >= 4 is 0 Å². The lowest BCUT2D eigenvalue weighted by atomic mass is 10.3. The Morgan fingerprint density at radius 2 is 2.00 bits per heavy atom. The van der Waals surface area contributed by atoms with E-state index in [-0.39, 0.29) is 0 Å². The van der Waals surface area contributed by atoms with Crippen molar-refractivity contribution in [2.45, 2.75) is 19.8 Å². The summed E-state index contributed by atoms with van der Waals surface area (Å²) in [6.07, 6.45) is 6.41. The van der Waals surface area contributed by atoms with E-state index in [4.69, 9.17) is 4.74 Å². The molecule has 0 amide bonds. The third-order valence-electron chi connectivity index (χ3n) is 2.23. The molecule has 2 heteroatoms. The highest BCUT2D eigenvalue weighted by Crippen LogP contribution is 2.07. The van der Waals surface area contributed by atoms with Gasteiger partial charge >= 0.3 is 0 Å². The van der Waals surface area contributed by atoms with Crippen molar-refractivity contribution in [3.05, 3.63) is 42.5 Å². The number of ether oxygens (including phenoxy) is 1. The predicted molar refractivity (Wildman–Crippen MR) is 68.9 cm³/mol. The second-order valence-electron chi connectivity index (χ2n) is 3.62. The molecule has 88 valence electrons. The van der Waals surface area contributed by atoms with E-state index in [1.807, 2.05) is 37.3 Å². The Morgan fingerprint density at radius 1 is 1.19 bits per heavy atom. The van der Waals surface area contributed by atoms with Gasteiger partial charge in [-0.05, 0) is 45.0 Å². The summed E-state index contributed by atoms with van der Waals surface area (Å²) in [5.41, 5.74) is 0. The lowest BCUT2D eigenvalue weighted by Crippen LogP contribution is -2.18. The van der Waals surface area contributed by atoms with Crippen LogP contribution in [0, 0.1) is 0 Å². The van der Waals surface area contributed by atoms with E-state index in [0.29, 0.717) is 0 Å². The fraction of sp³-hybridized carbons (Fsp3) is 0.429. The van der Waals surface area contributed by atoms with E-state index < -0.39 is 0 Å². The predicted octanol–water partition coefficient (Wildman–Crippen LogP) is 3.01. The van der Waals surface area contributed by atoms with Crippen LogP contribution in [0.1, 0.15) is 19.8 Å². The van der Waals surface area contributed by atoms with E-state index in [9.17, 15) is 0 Å². The number of hydrogen-bond acceptors (Lipinski definition) is 2. The molecule has 0 heterocycles. The minimum Gasteiger partial charge on any atom is -0.494 e. The maximum atomic E-state index is 5.58. The van der Waals surface area contributed by atoms with E-state index in [2.05, 4.69) is 17.5 Å². The Labute approximate surface area is 98.3 Å². The Bertz CT molecular complexity index is 282. The smallest absolute Gasteiger partial charge is 0.119 e. The Hall–Kier alpha value is -1.28. The van der Waals surface area contributed by atoms with Gasteiger partial charge in [-0.1, -0.05) is 30.4 Å². The fourth-order valence-electron chi connectivity index (χ4n) is 1.38. The van der Waals surface area contributed by atoms with Gasteiger partial charge in [0.2, 0.25) is 0 Å². The van der Waals surface area contributed by atoms with E-state index >= 15 is 0 Å². The van der Waals surface area contributed by atoms with Gasteiger partial charge in [-0.25, -0.2) is 0 Å². The molecule has 0 aliphatic rings. The molecule has 0 aliphatic heterocycles. The summed E-state index contributed by atoms with van der Waals surface area (Å²) >= 11 is 0. The number of hydrogen-bond donors (Lipinski definition) is 1. The first-order chi connectivity index (χ1) is 7.93.